The van der Waals surface area contributed by atoms with Crippen LogP contribution in [0.15, 0.2) is 30.5 Å². The molecule has 0 radical (unpaired) electrons. The Morgan fingerprint density at radius 3 is 2.88 bits per heavy atom. The van der Waals surface area contributed by atoms with Gasteiger partial charge in [0.15, 0.2) is 0 Å². The fraction of sp³-hybridized carbons (Fsp3) is 0.182. The Morgan fingerprint density at radius 1 is 1.41 bits per heavy atom. The second-order valence-corrected chi connectivity index (χ2v) is 3.56. The van der Waals surface area contributed by atoms with Crippen molar-refractivity contribution in [3.63, 3.8) is 0 Å². The monoisotopic (exact) mass is 232 g/mol. The Bertz CT molecular complexity index is 536. The van der Waals surface area contributed by atoms with Crippen LogP contribution >= 0.6 is 0 Å². The second-order valence-electron chi connectivity index (χ2n) is 3.56. The zero-order chi connectivity index (χ0) is 12.3. The van der Waals surface area contributed by atoms with Gasteiger partial charge in [0.1, 0.15) is 5.82 Å². The number of imidazole rings is 1. The Balaban J connectivity index is 2.41. The summed E-state index contributed by atoms with van der Waals surface area (Å²) >= 11 is 0. The molecule has 0 saturated heterocycles. The number of aromatic amines is 1. The number of benzene rings is 1. The first-order valence-electron chi connectivity index (χ1n) is 5.20. The van der Waals surface area contributed by atoms with Gasteiger partial charge in [-0.3, -0.25) is 10.1 Å². The maximum atomic E-state index is 10.9. The van der Waals surface area contributed by atoms with E-state index in [0.29, 0.717) is 24.2 Å². The number of nitrogens with two attached hydrogens (primary N) is 1. The van der Waals surface area contributed by atoms with E-state index in [4.69, 9.17) is 5.73 Å². The normalized spacial score (nSPS) is 10.4. The van der Waals surface area contributed by atoms with Crippen LogP contribution in [0.5, 0.6) is 0 Å². The van der Waals surface area contributed by atoms with Gasteiger partial charge in [0, 0.05) is 12.5 Å². The van der Waals surface area contributed by atoms with E-state index in [2.05, 4.69) is 9.97 Å². The molecule has 0 saturated carbocycles. The van der Waals surface area contributed by atoms with Crippen LogP contribution in [0.25, 0.3) is 11.3 Å². The van der Waals surface area contributed by atoms with Gasteiger partial charge in [0.05, 0.1) is 22.4 Å². The maximum Gasteiger partial charge on any atom is 0.278 e. The number of nitro benzene ring substituents is 1. The molecule has 1 heterocycles. The molecule has 0 aliphatic rings. The number of hydrogen-bond acceptors (Lipinski definition) is 4. The Labute approximate surface area is 97.6 Å². The summed E-state index contributed by atoms with van der Waals surface area (Å²) in [5, 5.41) is 10.9. The minimum Gasteiger partial charge on any atom is -0.342 e. The van der Waals surface area contributed by atoms with E-state index in [1.165, 1.54) is 6.07 Å². The molecular formula is C11H12N4O2. The van der Waals surface area contributed by atoms with Crippen LogP contribution in [-0.4, -0.2) is 21.4 Å². The average molecular weight is 232 g/mol. The standard InChI is InChI=1S/C11H12N4O2/c12-6-5-11-13-7-9(14-11)8-3-1-2-4-10(8)15(16)17/h1-4,7H,5-6,12H2,(H,13,14). The van der Waals surface area contributed by atoms with Crippen molar-refractivity contribution in [2.24, 2.45) is 5.73 Å². The summed E-state index contributed by atoms with van der Waals surface area (Å²) in [4.78, 5) is 17.6. The molecule has 0 amide bonds. The van der Waals surface area contributed by atoms with E-state index in [1.807, 2.05) is 0 Å². The number of para-hydroxylation sites is 1. The highest BCUT2D eigenvalue weighted by Crippen LogP contribution is 2.27. The van der Waals surface area contributed by atoms with Crippen molar-refractivity contribution in [2.75, 3.05) is 6.54 Å². The summed E-state index contributed by atoms with van der Waals surface area (Å²) < 4.78 is 0. The molecule has 1 aromatic carbocycles. The van der Waals surface area contributed by atoms with E-state index in [1.54, 1.807) is 24.4 Å². The molecule has 0 atom stereocenters. The summed E-state index contributed by atoms with van der Waals surface area (Å²) in [6, 6.07) is 6.56. The predicted octanol–water partition coefficient (Wildman–Crippen LogP) is 1.49. The molecule has 6 heteroatoms. The molecule has 17 heavy (non-hydrogen) atoms. The summed E-state index contributed by atoms with van der Waals surface area (Å²) in [5.41, 5.74) is 6.66. The van der Waals surface area contributed by atoms with E-state index in [9.17, 15) is 10.1 Å². The van der Waals surface area contributed by atoms with Crippen molar-refractivity contribution in [3.05, 3.63) is 46.4 Å². The Morgan fingerprint density at radius 2 is 2.18 bits per heavy atom. The van der Waals surface area contributed by atoms with Crippen molar-refractivity contribution in [1.82, 2.24) is 9.97 Å². The molecular weight excluding hydrogens is 220 g/mol. The SMILES string of the molecule is NCCc1ncc(-c2ccccc2[N+](=O)[O-])[nH]1. The van der Waals surface area contributed by atoms with Gasteiger partial charge in [-0.1, -0.05) is 12.1 Å². The van der Waals surface area contributed by atoms with Gasteiger partial charge in [0.25, 0.3) is 5.69 Å². The lowest BCUT2D eigenvalue weighted by molar-refractivity contribution is -0.384. The summed E-state index contributed by atoms with van der Waals surface area (Å²) in [6.07, 6.45) is 2.22. The summed E-state index contributed by atoms with van der Waals surface area (Å²) in [7, 11) is 0. The van der Waals surface area contributed by atoms with Crippen LogP contribution in [0.1, 0.15) is 5.82 Å². The summed E-state index contributed by atoms with van der Waals surface area (Å²) in [6.45, 7) is 0.490. The first-order valence-corrected chi connectivity index (χ1v) is 5.20. The number of aromatic nitrogens is 2. The predicted molar refractivity (Wildman–Crippen MR) is 63.4 cm³/mol. The van der Waals surface area contributed by atoms with Crippen molar-refractivity contribution in [2.45, 2.75) is 6.42 Å². The van der Waals surface area contributed by atoms with Gasteiger partial charge in [-0.25, -0.2) is 4.98 Å². The third-order valence-corrected chi connectivity index (χ3v) is 2.40. The van der Waals surface area contributed by atoms with Crippen LogP contribution in [0, 0.1) is 10.1 Å². The molecule has 0 spiro atoms. The van der Waals surface area contributed by atoms with Crippen LogP contribution in [-0.2, 0) is 6.42 Å². The molecule has 0 bridgehead atoms. The second kappa shape index (κ2) is 4.75. The van der Waals surface area contributed by atoms with Crippen molar-refractivity contribution < 1.29 is 4.92 Å². The quantitative estimate of drug-likeness (QED) is 0.616. The average Bonchev–Trinajstić information content (AvgIpc) is 2.78. The zero-order valence-electron chi connectivity index (χ0n) is 9.09. The van der Waals surface area contributed by atoms with E-state index in [-0.39, 0.29) is 5.69 Å². The molecule has 2 rings (SSSR count). The first-order chi connectivity index (χ1) is 8.22. The number of H-pyrrole nitrogens is 1. The zero-order valence-corrected chi connectivity index (χ0v) is 9.09. The van der Waals surface area contributed by atoms with Gasteiger partial charge in [-0.15, -0.1) is 0 Å². The maximum absolute atomic E-state index is 10.9. The van der Waals surface area contributed by atoms with E-state index in [0.717, 1.165) is 5.82 Å². The molecule has 0 unspecified atom stereocenters. The van der Waals surface area contributed by atoms with Gasteiger partial charge in [-0.2, -0.15) is 0 Å². The Kier molecular flexibility index (Phi) is 3.15. The molecule has 6 nitrogen and oxygen atoms in total. The van der Waals surface area contributed by atoms with Gasteiger partial charge >= 0.3 is 0 Å². The molecule has 3 N–H and O–H groups in total. The lowest BCUT2D eigenvalue weighted by Gasteiger charge is -1.99. The van der Waals surface area contributed by atoms with Gasteiger partial charge in [-0.05, 0) is 12.6 Å². The minimum absolute atomic E-state index is 0.0652. The van der Waals surface area contributed by atoms with Crippen molar-refractivity contribution in [1.29, 1.82) is 0 Å². The number of rotatable bonds is 4. The largest absolute Gasteiger partial charge is 0.342 e. The van der Waals surface area contributed by atoms with Crippen LogP contribution in [0.4, 0.5) is 5.69 Å². The molecule has 2 aromatic rings. The van der Waals surface area contributed by atoms with Gasteiger partial charge < -0.3 is 10.7 Å². The minimum atomic E-state index is -0.404. The molecule has 1 aromatic heterocycles. The third-order valence-electron chi connectivity index (χ3n) is 2.40. The highest BCUT2D eigenvalue weighted by atomic mass is 16.6. The van der Waals surface area contributed by atoms with Gasteiger partial charge in [0.2, 0.25) is 0 Å². The van der Waals surface area contributed by atoms with E-state index < -0.39 is 4.92 Å². The number of hydrogen-bond donors (Lipinski definition) is 2. The topological polar surface area (TPSA) is 97.8 Å². The molecule has 88 valence electrons. The lowest BCUT2D eigenvalue weighted by Crippen LogP contribution is -2.03. The highest BCUT2D eigenvalue weighted by Gasteiger charge is 2.15. The number of nitro groups is 1. The fourth-order valence-corrected chi connectivity index (χ4v) is 1.62. The van der Waals surface area contributed by atoms with E-state index >= 15 is 0 Å². The van der Waals surface area contributed by atoms with Crippen LogP contribution < -0.4 is 5.73 Å². The molecule has 0 aliphatic heterocycles. The highest BCUT2D eigenvalue weighted by molar-refractivity contribution is 5.70. The molecule has 0 fully saturated rings. The summed E-state index contributed by atoms with van der Waals surface area (Å²) in [5.74, 6) is 0.737. The van der Waals surface area contributed by atoms with Crippen molar-refractivity contribution in [3.8, 4) is 11.3 Å². The smallest absolute Gasteiger partial charge is 0.278 e. The van der Waals surface area contributed by atoms with Crippen molar-refractivity contribution >= 4 is 5.69 Å². The lowest BCUT2D eigenvalue weighted by atomic mass is 10.1. The number of nitrogens with one attached hydrogen (secondary N) is 1. The molecule has 0 aliphatic carbocycles. The fourth-order valence-electron chi connectivity index (χ4n) is 1.62. The van der Waals surface area contributed by atoms with Crippen LogP contribution in [0.2, 0.25) is 0 Å². The first kappa shape index (κ1) is 11.3. The van der Waals surface area contributed by atoms with Crippen LogP contribution in [0.3, 0.4) is 0 Å². The third kappa shape index (κ3) is 2.31. The Hall–Kier alpha value is -2.21. The number of nitrogens with zero attached hydrogens (tertiary/aromatic N) is 2.